The van der Waals surface area contributed by atoms with Gasteiger partial charge in [-0.25, -0.2) is 0 Å². The molecule has 3 heteroatoms. The van der Waals surface area contributed by atoms with Crippen LogP contribution in [0.1, 0.15) is 31.0 Å². The summed E-state index contributed by atoms with van der Waals surface area (Å²) >= 11 is 0. The largest absolute Gasteiger partial charge is 0.259 e. The van der Waals surface area contributed by atoms with Gasteiger partial charge in [0, 0.05) is 24.2 Å². The first-order chi connectivity index (χ1) is 6.70. The molecule has 0 N–H and O–H groups in total. The number of hydrogen-bond acceptors (Lipinski definition) is 3. The van der Waals surface area contributed by atoms with Gasteiger partial charge < -0.3 is 0 Å². The molecule has 0 amide bonds. The highest BCUT2D eigenvalue weighted by molar-refractivity contribution is 5.79. The number of fused-ring (bicyclic) bond motifs is 1. The van der Waals surface area contributed by atoms with Gasteiger partial charge in [-0.3, -0.25) is 15.0 Å². The zero-order valence-electron chi connectivity index (χ0n) is 8.65. The Balaban J connectivity index is 2.82. The van der Waals surface area contributed by atoms with Crippen molar-refractivity contribution in [3.63, 3.8) is 0 Å². The summed E-state index contributed by atoms with van der Waals surface area (Å²) in [5.74, 6) is 0.433. The van der Waals surface area contributed by atoms with Crippen molar-refractivity contribution in [3.8, 4) is 0 Å². The maximum atomic E-state index is 4.36. The third kappa shape index (κ3) is 1.35. The van der Waals surface area contributed by atoms with Crippen LogP contribution in [-0.4, -0.2) is 15.0 Å². The summed E-state index contributed by atoms with van der Waals surface area (Å²) in [6.45, 7) is 6.24. The molecule has 2 aromatic rings. The second kappa shape index (κ2) is 3.33. The van der Waals surface area contributed by atoms with Crippen molar-refractivity contribution < 1.29 is 0 Å². The van der Waals surface area contributed by atoms with Crippen molar-refractivity contribution in [1.82, 2.24) is 15.0 Å². The second-order valence-corrected chi connectivity index (χ2v) is 3.71. The molecular weight excluding hydrogens is 174 g/mol. The molecule has 0 atom stereocenters. The number of aromatic nitrogens is 3. The van der Waals surface area contributed by atoms with Crippen LogP contribution in [0, 0.1) is 6.92 Å². The molecule has 0 aliphatic rings. The molecule has 72 valence electrons. The number of nitrogens with zero attached hydrogens (tertiary/aromatic N) is 3. The van der Waals surface area contributed by atoms with E-state index in [2.05, 4.69) is 28.8 Å². The molecule has 0 unspecified atom stereocenters. The molecule has 2 aromatic heterocycles. The van der Waals surface area contributed by atoms with E-state index in [-0.39, 0.29) is 0 Å². The van der Waals surface area contributed by atoms with Gasteiger partial charge >= 0.3 is 0 Å². The Labute approximate surface area is 83.2 Å². The van der Waals surface area contributed by atoms with E-state index in [4.69, 9.17) is 0 Å². The maximum Gasteiger partial charge on any atom is 0.110 e. The van der Waals surface area contributed by atoms with Crippen LogP contribution in [0.25, 0.3) is 11.0 Å². The molecule has 0 spiro atoms. The molecule has 14 heavy (non-hydrogen) atoms. The summed E-state index contributed by atoms with van der Waals surface area (Å²) in [4.78, 5) is 13.0. The van der Waals surface area contributed by atoms with Gasteiger partial charge in [-0.1, -0.05) is 13.8 Å². The van der Waals surface area contributed by atoms with Crippen molar-refractivity contribution in [3.05, 3.63) is 29.8 Å². The Kier molecular flexibility index (Phi) is 2.15. The molecule has 0 saturated heterocycles. The predicted molar refractivity (Wildman–Crippen MR) is 56.2 cm³/mol. The van der Waals surface area contributed by atoms with Gasteiger partial charge in [0.05, 0.1) is 11.2 Å². The average molecular weight is 187 g/mol. The normalized spacial score (nSPS) is 11.1. The van der Waals surface area contributed by atoms with E-state index in [0.29, 0.717) is 5.92 Å². The Hall–Kier alpha value is -1.51. The van der Waals surface area contributed by atoms with Crippen LogP contribution in [0.2, 0.25) is 0 Å². The number of aryl methyl sites for hydroxylation is 1. The molecule has 0 aliphatic carbocycles. The van der Waals surface area contributed by atoms with Crippen LogP contribution in [0.3, 0.4) is 0 Å². The highest BCUT2D eigenvalue weighted by Gasteiger charge is 2.09. The lowest BCUT2D eigenvalue weighted by Crippen LogP contribution is -1.97. The maximum absolute atomic E-state index is 4.36. The van der Waals surface area contributed by atoms with Crippen molar-refractivity contribution in [2.75, 3.05) is 0 Å². The third-order valence-electron chi connectivity index (χ3n) is 2.33. The Bertz CT molecular complexity index is 463. The summed E-state index contributed by atoms with van der Waals surface area (Å²) in [7, 11) is 0. The summed E-state index contributed by atoms with van der Waals surface area (Å²) in [5, 5.41) is 0. The van der Waals surface area contributed by atoms with E-state index in [1.807, 2.05) is 13.1 Å². The number of pyridine rings is 1. The van der Waals surface area contributed by atoms with Crippen molar-refractivity contribution in [2.24, 2.45) is 0 Å². The van der Waals surface area contributed by atoms with Crippen LogP contribution in [0.4, 0.5) is 0 Å². The van der Waals surface area contributed by atoms with Crippen molar-refractivity contribution >= 4 is 11.0 Å². The molecule has 0 aromatic carbocycles. The van der Waals surface area contributed by atoms with Gasteiger partial charge in [0.1, 0.15) is 5.52 Å². The first kappa shape index (κ1) is 9.06. The minimum Gasteiger partial charge on any atom is -0.259 e. The van der Waals surface area contributed by atoms with E-state index < -0.39 is 0 Å². The number of hydrogen-bond donors (Lipinski definition) is 0. The molecule has 0 bridgehead atoms. The molecule has 3 nitrogen and oxygen atoms in total. The highest BCUT2D eigenvalue weighted by atomic mass is 14.8. The molecule has 0 fully saturated rings. The molecule has 2 heterocycles. The smallest absolute Gasteiger partial charge is 0.110 e. The first-order valence-corrected chi connectivity index (χ1v) is 4.76. The second-order valence-electron chi connectivity index (χ2n) is 3.71. The van der Waals surface area contributed by atoms with E-state index in [1.54, 1.807) is 12.4 Å². The average Bonchev–Trinajstić information content (AvgIpc) is 2.18. The topological polar surface area (TPSA) is 38.7 Å². The lowest BCUT2D eigenvalue weighted by atomic mass is 10.0. The standard InChI is InChI=1S/C11H13N3/c1-7(2)9-6-14-8(3)10-11(9)13-5-4-12-10/h4-7H,1-3H3. The van der Waals surface area contributed by atoms with E-state index in [9.17, 15) is 0 Å². The van der Waals surface area contributed by atoms with Crippen LogP contribution >= 0.6 is 0 Å². The van der Waals surface area contributed by atoms with E-state index in [0.717, 1.165) is 16.7 Å². The third-order valence-corrected chi connectivity index (χ3v) is 2.33. The predicted octanol–water partition coefficient (Wildman–Crippen LogP) is 2.46. The summed E-state index contributed by atoms with van der Waals surface area (Å²) < 4.78 is 0. The van der Waals surface area contributed by atoms with Crippen LogP contribution in [0.15, 0.2) is 18.6 Å². The van der Waals surface area contributed by atoms with Gasteiger partial charge in [-0.15, -0.1) is 0 Å². The minimum atomic E-state index is 0.433. The molecular formula is C11H13N3. The van der Waals surface area contributed by atoms with Gasteiger partial charge in [-0.05, 0) is 12.8 Å². The molecule has 0 saturated carbocycles. The fraction of sp³-hybridized carbons (Fsp3) is 0.364. The minimum absolute atomic E-state index is 0.433. The van der Waals surface area contributed by atoms with Crippen molar-refractivity contribution in [1.29, 1.82) is 0 Å². The van der Waals surface area contributed by atoms with Crippen molar-refractivity contribution in [2.45, 2.75) is 26.7 Å². The highest BCUT2D eigenvalue weighted by Crippen LogP contribution is 2.22. The Morgan fingerprint density at radius 2 is 1.64 bits per heavy atom. The summed E-state index contributed by atoms with van der Waals surface area (Å²) in [5.41, 5.74) is 4.00. The lowest BCUT2D eigenvalue weighted by Gasteiger charge is -2.08. The van der Waals surface area contributed by atoms with Crippen LogP contribution < -0.4 is 0 Å². The summed E-state index contributed by atoms with van der Waals surface area (Å²) in [6.07, 6.45) is 5.34. The van der Waals surface area contributed by atoms with Gasteiger partial charge in [0.15, 0.2) is 0 Å². The van der Waals surface area contributed by atoms with Crippen LogP contribution in [-0.2, 0) is 0 Å². The van der Waals surface area contributed by atoms with Gasteiger partial charge in [0.25, 0.3) is 0 Å². The Morgan fingerprint density at radius 3 is 2.29 bits per heavy atom. The summed E-state index contributed by atoms with van der Waals surface area (Å²) in [6, 6.07) is 0. The molecule has 2 rings (SSSR count). The monoisotopic (exact) mass is 187 g/mol. The van der Waals surface area contributed by atoms with E-state index >= 15 is 0 Å². The number of rotatable bonds is 1. The fourth-order valence-corrected chi connectivity index (χ4v) is 1.53. The zero-order valence-corrected chi connectivity index (χ0v) is 8.65. The van der Waals surface area contributed by atoms with Gasteiger partial charge in [-0.2, -0.15) is 0 Å². The molecule has 0 radical (unpaired) electrons. The van der Waals surface area contributed by atoms with E-state index in [1.165, 1.54) is 5.56 Å². The zero-order chi connectivity index (χ0) is 10.1. The van der Waals surface area contributed by atoms with Crippen LogP contribution in [0.5, 0.6) is 0 Å². The lowest BCUT2D eigenvalue weighted by molar-refractivity contribution is 0.861. The van der Waals surface area contributed by atoms with Gasteiger partial charge in [0.2, 0.25) is 0 Å². The fourth-order valence-electron chi connectivity index (χ4n) is 1.53. The quantitative estimate of drug-likeness (QED) is 0.688. The molecule has 0 aliphatic heterocycles. The SMILES string of the molecule is Cc1ncc(C(C)C)c2nccnc12. The first-order valence-electron chi connectivity index (χ1n) is 4.76. The Morgan fingerprint density at radius 1 is 1.00 bits per heavy atom.